The topological polar surface area (TPSA) is 82.3 Å². The molecule has 2 amide bonds. The van der Waals surface area contributed by atoms with Gasteiger partial charge in [0.1, 0.15) is 5.70 Å². The van der Waals surface area contributed by atoms with Crippen LogP contribution in [0.1, 0.15) is 21.5 Å². The molecule has 0 unspecified atom stereocenters. The zero-order chi connectivity index (χ0) is 27.3. The summed E-state index contributed by atoms with van der Waals surface area (Å²) in [5.74, 6) is -0.790. The average molecular weight is 533 g/mol. The lowest BCUT2D eigenvalue weighted by atomic mass is 10.1. The Morgan fingerprint density at radius 2 is 1.33 bits per heavy atom. The highest BCUT2D eigenvalue weighted by atomic mass is 32.1. The zero-order valence-electron chi connectivity index (χ0n) is 21.1. The molecule has 39 heavy (non-hydrogen) atoms. The minimum absolute atomic E-state index is 0.128. The van der Waals surface area contributed by atoms with E-state index in [-0.39, 0.29) is 18.1 Å². The van der Waals surface area contributed by atoms with Crippen LogP contribution in [-0.4, -0.2) is 16.9 Å². The fourth-order valence-electron chi connectivity index (χ4n) is 3.65. The maximum absolute atomic E-state index is 13.2. The number of thiocarbonyl (C=S) groups is 1. The summed E-state index contributed by atoms with van der Waals surface area (Å²) in [6, 6.07) is 35.6. The predicted molar refractivity (Wildman–Crippen MR) is 162 cm³/mol. The van der Waals surface area contributed by atoms with Gasteiger partial charge in [0.05, 0.1) is 0 Å². The number of hydrogen-bond acceptors (Lipinski definition) is 3. The van der Waals surface area contributed by atoms with Crippen LogP contribution in [0.15, 0.2) is 133 Å². The molecule has 4 aromatic rings. The van der Waals surface area contributed by atoms with E-state index in [9.17, 15) is 9.59 Å². The van der Waals surface area contributed by atoms with Gasteiger partial charge in [-0.15, -0.1) is 0 Å². The molecule has 7 heteroatoms. The van der Waals surface area contributed by atoms with Crippen LogP contribution in [0.4, 0.5) is 11.4 Å². The Morgan fingerprint density at radius 3 is 2.05 bits per heavy atom. The Balaban J connectivity index is 1.45. The molecule has 4 N–H and O–H groups in total. The molecule has 0 aliphatic carbocycles. The van der Waals surface area contributed by atoms with Gasteiger partial charge in [-0.05, 0) is 59.8 Å². The molecule has 0 aromatic heterocycles. The Bertz CT molecular complexity index is 1470. The zero-order valence-corrected chi connectivity index (χ0v) is 22.0. The van der Waals surface area contributed by atoms with Crippen molar-refractivity contribution in [3.05, 3.63) is 150 Å². The molecule has 0 heterocycles. The summed E-state index contributed by atoms with van der Waals surface area (Å²) < 4.78 is 0. The molecule has 194 valence electrons. The molecule has 0 radical (unpaired) electrons. The first-order valence-corrected chi connectivity index (χ1v) is 12.8. The van der Waals surface area contributed by atoms with Gasteiger partial charge in [0, 0.05) is 23.5 Å². The first-order valence-electron chi connectivity index (χ1n) is 12.4. The number of amides is 2. The summed E-state index contributed by atoms with van der Waals surface area (Å²) in [5, 5.41) is 12.4. The molecular weight excluding hydrogens is 504 g/mol. The molecular formula is C32H28N4O2S. The Labute approximate surface area is 233 Å². The third kappa shape index (κ3) is 8.52. The average Bonchev–Trinajstić information content (AvgIpc) is 2.97. The molecule has 4 aromatic carbocycles. The number of nitrogens with one attached hydrogen (secondary N) is 4. The van der Waals surface area contributed by atoms with Crippen LogP contribution in [0.2, 0.25) is 0 Å². The summed E-state index contributed by atoms with van der Waals surface area (Å²) >= 11 is 5.46. The number of para-hydroxylation sites is 2. The maximum atomic E-state index is 13.2. The van der Waals surface area contributed by atoms with Crippen LogP contribution in [0.3, 0.4) is 0 Å². The van der Waals surface area contributed by atoms with Gasteiger partial charge >= 0.3 is 0 Å². The van der Waals surface area contributed by atoms with E-state index in [1.165, 1.54) is 0 Å². The van der Waals surface area contributed by atoms with Gasteiger partial charge in [0.15, 0.2) is 5.11 Å². The van der Waals surface area contributed by atoms with Crippen LogP contribution in [0.25, 0.3) is 6.08 Å². The summed E-state index contributed by atoms with van der Waals surface area (Å²) in [4.78, 5) is 26.0. The van der Waals surface area contributed by atoms with E-state index in [0.717, 1.165) is 22.5 Å². The fraction of sp³-hybridized carbons (Fsp3) is 0.0312. The Morgan fingerprint density at radius 1 is 0.718 bits per heavy atom. The van der Waals surface area contributed by atoms with Gasteiger partial charge in [-0.25, -0.2) is 0 Å². The largest absolute Gasteiger partial charge is 0.347 e. The number of allylic oxidation sites excluding steroid dienone is 2. The number of benzene rings is 4. The van der Waals surface area contributed by atoms with Gasteiger partial charge in [-0.2, -0.15) is 0 Å². The van der Waals surface area contributed by atoms with E-state index in [4.69, 9.17) is 12.2 Å². The quantitative estimate of drug-likeness (QED) is 0.118. The Kier molecular flexibility index (Phi) is 9.75. The summed E-state index contributed by atoms with van der Waals surface area (Å²) in [5.41, 5.74) is 4.02. The molecule has 0 aliphatic rings. The predicted octanol–water partition coefficient (Wildman–Crippen LogP) is 6.14. The smallest absolute Gasteiger partial charge is 0.268 e. The number of rotatable bonds is 9. The van der Waals surface area contributed by atoms with Gasteiger partial charge in [-0.1, -0.05) is 97.1 Å². The van der Waals surface area contributed by atoms with Gasteiger partial charge in [-0.3, -0.25) is 9.59 Å². The molecule has 0 atom stereocenters. The fourth-order valence-corrected chi connectivity index (χ4v) is 3.88. The lowest BCUT2D eigenvalue weighted by Gasteiger charge is -2.15. The highest BCUT2D eigenvalue weighted by Gasteiger charge is 2.14. The van der Waals surface area contributed by atoms with Gasteiger partial charge < -0.3 is 21.3 Å². The molecule has 0 saturated carbocycles. The highest BCUT2D eigenvalue weighted by Crippen LogP contribution is 2.16. The van der Waals surface area contributed by atoms with Crippen molar-refractivity contribution in [3.8, 4) is 0 Å². The van der Waals surface area contributed by atoms with E-state index in [0.29, 0.717) is 10.7 Å². The van der Waals surface area contributed by atoms with E-state index in [1.54, 1.807) is 36.4 Å². The van der Waals surface area contributed by atoms with Crippen molar-refractivity contribution >= 4 is 46.6 Å². The number of anilines is 2. The van der Waals surface area contributed by atoms with E-state index in [1.807, 2.05) is 97.1 Å². The SMILES string of the molecule is O=C(NCc1ccccc1NC(=S)Nc1ccccc1)C(=CC=Cc1ccccc1)NC(=O)c1ccccc1. The van der Waals surface area contributed by atoms with E-state index >= 15 is 0 Å². The lowest BCUT2D eigenvalue weighted by Crippen LogP contribution is -2.34. The monoisotopic (exact) mass is 532 g/mol. The van der Waals surface area contributed by atoms with Crippen molar-refractivity contribution in [2.45, 2.75) is 6.54 Å². The van der Waals surface area contributed by atoms with Crippen molar-refractivity contribution in [2.75, 3.05) is 10.6 Å². The van der Waals surface area contributed by atoms with Crippen molar-refractivity contribution in [3.63, 3.8) is 0 Å². The van der Waals surface area contributed by atoms with Crippen LogP contribution >= 0.6 is 12.2 Å². The van der Waals surface area contributed by atoms with Gasteiger partial charge in [0.2, 0.25) is 0 Å². The van der Waals surface area contributed by atoms with Crippen molar-refractivity contribution in [1.82, 2.24) is 10.6 Å². The third-order valence-corrected chi connectivity index (χ3v) is 5.82. The minimum atomic E-state index is -0.420. The molecule has 0 spiro atoms. The number of hydrogen-bond donors (Lipinski definition) is 4. The van der Waals surface area contributed by atoms with Crippen LogP contribution in [0.5, 0.6) is 0 Å². The second-order valence-corrected chi connectivity index (χ2v) is 8.86. The number of carbonyl (C=O) groups is 2. The van der Waals surface area contributed by atoms with Crippen molar-refractivity contribution in [2.24, 2.45) is 0 Å². The molecule has 0 saturated heterocycles. The molecule has 6 nitrogen and oxygen atoms in total. The Hall–Kier alpha value is -5.01. The third-order valence-electron chi connectivity index (χ3n) is 5.62. The minimum Gasteiger partial charge on any atom is -0.347 e. The highest BCUT2D eigenvalue weighted by molar-refractivity contribution is 7.80. The molecule has 0 bridgehead atoms. The van der Waals surface area contributed by atoms with Crippen molar-refractivity contribution < 1.29 is 9.59 Å². The number of carbonyl (C=O) groups excluding carboxylic acids is 2. The first-order chi connectivity index (χ1) is 19.1. The maximum Gasteiger partial charge on any atom is 0.268 e. The molecule has 0 aliphatic heterocycles. The van der Waals surface area contributed by atoms with Gasteiger partial charge in [0.25, 0.3) is 11.8 Å². The van der Waals surface area contributed by atoms with E-state index in [2.05, 4.69) is 21.3 Å². The normalized spacial score (nSPS) is 11.0. The van der Waals surface area contributed by atoms with Crippen LogP contribution < -0.4 is 21.3 Å². The second kappa shape index (κ2) is 14.1. The first kappa shape index (κ1) is 27.0. The van der Waals surface area contributed by atoms with Crippen LogP contribution in [0, 0.1) is 0 Å². The van der Waals surface area contributed by atoms with Crippen molar-refractivity contribution in [1.29, 1.82) is 0 Å². The lowest BCUT2D eigenvalue weighted by molar-refractivity contribution is -0.117. The standard InChI is InChI=1S/C32H28N4O2S/c37-30(25-16-6-2-7-17-25)35-29(22-12-15-24-13-4-1-5-14-24)31(38)33-23-26-18-10-11-21-28(26)36-32(39)34-27-19-8-3-9-20-27/h1-22H,23H2,(H,33,38)(H,35,37)(H2,34,36,39). The molecule has 0 fully saturated rings. The second-order valence-electron chi connectivity index (χ2n) is 8.46. The molecule has 4 rings (SSSR count). The summed E-state index contributed by atoms with van der Waals surface area (Å²) in [6.45, 7) is 0.219. The summed E-state index contributed by atoms with van der Waals surface area (Å²) in [7, 11) is 0. The van der Waals surface area contributed by atoms with E-state index < -0.39 is 5.91 Å². The summed E-state index contributed by atoms with van der Waals surface area (Å²) in [6.07, 6.45) is 5.19. The van der Waals surface area contributed by atoms with Crippen LogP contribution in [-0.2, 0) is 11.3 Å².